The summed E-state index contributed by atoms with van der Waals surface area (Å²) in [5.74, 6) is 0. The Bertz CT molecular complexity index is 557. The monoisotopic (exact) mass is 311 g/mol. The van der Waals surface area contributed by atoms with Crippen LogP contribution in [0, 0.1) is 0 Å². The van der Waals surface area contributed by atoms with Crippen LogP contribution in [0.2, 0.25) is 0 Å². The summed E-state index contributed by atoms with van der Waals surface area (Å²) in [6, 6.07) is 7.83. The lowest BCUT2D eigenvalue weighted by molar-refractivity contribution is 0.270. The molecule has 2 N–H and O–H groups in total. The summed E-state index contributed by atoms with van der Waals surface area (Å²) in [6.45, 7) is 4.63. The largest absolute Gasteiger partial charge is 0.313 e. The molecule has 0 bridgehead atoms. The van der Waals surface area contributed by atoms with Crippen LogP contribution in [-0.2, 0) is 10.2 Å². The van der Waals surface area contributed by atoms with Crippen LogP contribution in [0.4, 0.5) is 5.69 Å². The molecule has 1 aromatic rings. The summed E-state index contributed by atoms with van der Waals surface area (Å²) in [7, 11) is -1.55. The number of piperidine rings is 1. The summed E-state index contributed by atoms with van der Waals surface area (Å²) in [5, 5.41) is 3.16. The third-order valence-corrected chi connectivity index (χ3v) is 5.79. The Balaban J connectivity index is 2.09. The zero-order valence-electron chi connectivity index (χ0n) is 13.0. The summed E-state index contributed by atoms with van der Waals surface area (Å²) in [4.78, 5) is 0. The highest BCUT2D eigenvalue weighted by Gasteiger charge is 2.29. The molecule has 1 fully saturated rings. The number of nitrogens with one attached hydrogen (secondary N) is 2. The van der Waals surface area contributed by atoms with Crippen molar-refractivity contribution in [2.75, 3.05) is 18.3 Å². The molecule has 1 aliphatic rings. The van der Waals surface area contributed by atoms with E-state index in [4.69, 9.17) is 0 Å². The molecule has 1 aromatic carbocycles. The van der Waals surface area contributed by atoms with Gasteiger partial charge < -0.3 is 5.32 Å². The van der Waals surface area contributed by atoms with Crippen LogP contribution in [0.5, 0.6) is 0 Å². The first-order valence-electron chi connectivity index (χ1n) is 7.51. The van der Waals surface area contributed by atoms with Crippen molar-refractivity contribution < 1.29 is 8.42 Å². The van der Waals surface area contributed by atoms with E-state index < -0.39 is 10.2 Å². The van der Waals surface area contributed by atoms with Crippen molar-refractivity contribution >= 4 is 15.9 Å². The summed E-state index contributed by atoms with van der Waals surface area (Å²) >= 11 is 0. The van der Waals surface area contributed by atoms with Crippen molar-refractivity contribution in [2.45, 2.75) is 45.2 Å². The van der Waals surface area contributed by atoms with Gasteiger partial charge in [-0.05, 0) is 51.4 Å². The number of nitrogens with zero attached hydrogens (tertiary/aromatic N) is 1. The average Bonchev–Trinajstić information content (AvgIpc) is 2.47. The number of hydrogen-bond acceptors (Lipinski definition) is 3. The fourth-order valence-electron chi connectivity index (χ4n) is 2.64. The highest BCUT2D eigenvalue weighted by Crippen LogP contribution is 2.22. The molecule has 21 heavy (non-hydrogen) atoms. The predicted octanol–water partition coefficient (Wildman–Crippen LogP) is 2.50. The summed E-state index contributed by atoms with van der Waals surface area (Å²) in [5.41, 5.74) is 1.74. The van der Waals surface area contributed by atoms with Crippen LogP contribution in [0.15, 0.2) is 24.3 Å². The Kier molecular flexibility index (Phi) is 5.24. The first-order valence-corrected chi connectivity index (χ1v) is 8.95. The second kappa shape index (κ2) is 6.77. The Labute approximate surface area is 127 Å². The minimum Gasteiger partial charge on any atom is -0.313 e. The van der Waals surface area contributed by atoms with E-state index in [9.17, 15) is 8.42 Å². The molecule has 5 nitrogen and oxygen atoms in total. The minimum atomic E-state index is -3.46. The van der Waals surface area contributed by atoms with E-state index in [2.05, 4.69) is 17.0 Å². The maximum atomic E-state index is 12.4. The molecule has 118 valence electrons. The molecule has 2 atom stereocenters. The second-order valence-corrected chi connectivity index (χ2v) is 7.32. The zero-order valence-corrected chi connectivity index (χ0v) is 13.8. The second-order valence-electron chi connectivity index (χ2n) is 5.69. The van der Waals surface area contributed by atoms with Crippen LogP contribution in [0.1, 0.15) is 44.7 Å². The smallest absolute Gasteiger partial charge is 0.301 e. The highest BCUT2D eigenvalue weighted by molar-refractivity contribution is 7.90. The van der Waals surface area contributed by atoms with Crippen molar-refractivity contribution in [3.63, 3.8) is 0 Å². The van der Waals surface area contributed by atoms with E-state index in [0.29, 0.717) is 12.2 Å². The molecule has 1 saturated heterocycles. The standard InChI is InChI=1S/C15H25N3O2S/c1-12-6-4-5-11-18(12)21(19,20)17-15-9-7-14(8-10-15)13(2)16-3/h7-10,12-13,16-17H,4-6,11H2,1-3H3. The van der Waals surface area contributed by atoms with E-state index in [1.165, 1.54) is 0 Å². The average molecular weight is 311 g/mol. The molecule has 0 aromatic heterocycles. The molecule has 2 unspecified atom stereocenters. The summed E-state index contributed by atoms with van der Waals surface area (Å²) in [6.07, 6.45) is 2.97. The maximum Gasteiger partial charge on any atom is 0.301 e. The van der Waals surface area contributed by atoms with Crippen LogP contribution >= 0.6 is 0 Å². The Hall–Kier alpha value is -1.11. The van der Waals surface area contributed by atoms with Gasteiger partial charge in [0.1, 0.15) is 0 Å². The molecule has 1 aliphatic heterocycles. The lowest BCUT2D eigenvalue weighted by Crippen LogP contribution is -2.44. The predicted molar refractivity (Wildman–Crippen MR) is 86.5 cm³/mol. The molecule has 0 aliphatic carbocycles. The number of hydrogen-bond donors (Lipinski definition) is 2. The van der Waals surface area contributed by atoms with E-state index in [1.807, 2.05) is 38.2 Å². The van der Waals surface area contributed by atoms with E-state index >= 15 is 0 Å². The Morgan fingerprint density at radius 3 is 2.48 bits per heavy atom. The van der Waals surface area contributed by atoms with Gasteiger partial charge >= 0.3 is 10.2 Å². The van der Waals surface area contributed by atoms with Gasteiger partial charge in [0.15, 0.2) is 0 Å². The SMILES string of the molecule is CNC(C)c1ccc(NS(=O)(=O)N2CCCCC2C)cc1. The molecule has 0 radical (unpaired) electrons. The van der Waals surface area contributed by atoms with Gasteiger partial charge in [0, 0.05) is 24.3 Å². The minimum absolute atomic E-state index is 0.0693. The molecule has 6 heteroatoms. The van der Waals surface area contributed by atoms with Gasteiger partial charge in [-0.2, -0.15) is 12.7 Å². The van der Waals surface area contributed by atoms with Crippen molar-refractivity contribution in [3.8, 4) is 0 Å². The van der Waals surface area contributed by atoms with Gasteiger partial charge in [0.05, 0.1) is 0 Å². The van der Waals surface area contributed by atoms with Gasteiger partial charge in [0.25, 0.3) is 0 Å². The number of rotatable bonds is 5. The molecular formula is C15H25N3O2S. The molecular weight excluding hydrogens is 286 g/mol. The van der Waals surface area contributed by atoms with Crippen LogP contribution in [0.25, 0.3) is 0 Å². The van der Waals surface area contributed by atoms with Crippen LogP contribution in [0.3, 0.4) is 0 Å². The van der Waals surface area contributed by atoms with Crippen molar-refractivity contribution in [1.82, 2.24) is 9.62 Å². The molecule has 2 rings (SSSR count). The lowest BCUT2D eigenvalue weighted by atomic mass is 10.1. The van der Waals surface area contributed by atoms with E-state index in [1.54, 1.807) is 4.31 Å². The van der Waals surface area contributed by atoms with Gasteiger partial charge in [-0.3, -0.25) is 4.72 Å². The van der Waals surface area contributed by atoms with E-state index in [0.717, 1.165) is 24.8 Å². The van der Waals surface area contributed by atoms with Crippen molar-refractivity contribution in [1.29, 1.82) is 0 Å². The molecule has 0 spiro atoms. The van der Waals surface area contributed by atoms with Gasteiger partial charge in [-0.15, -0.1) is 0 Å². The van der Waals surface area contributed by atoms with Crippen LogP contribution in [-0.4, -0.2) is 32.4 Å². The molecule has 1 heterocycles. The summed E-state index contributed by atoms with van der Waals surface area (Å²) < 4.78 is 29.1. The van der Waals surface area contributed by atoms with Gasteiger partial charge in [0.2, 0.25) is 0 Å². The fraction of sp³-hybridized carbons (Fsp3) is 0.600. The van der Waals surface area contributed by atoms with Gasteiger partial charge in [-0.25, -0.2) is 0 Å². The van der Waals surface area contributed by atoms with Crippen molar-refractivity contribution in [2.24, 2.45) is 0 Å². The number of anilines is 1. The molecule has 0 amide bonds. The Morgan fingerprint density at radius 2 is 1.90 bits per heavy atom. The Morgan fingerprint density at radius 1 is 1.24 bits per heavy atom. The number of benzene rings is 1. The normalized spacial score (nSPS) is 22.0. The van der Waals surface area contributed by atoms with Crippen molar-refractivity contribution in [3.05, 3.63) is 29.8 Å². The fourth-order valence-corrected chi connectivity index (χ4v) is 4.14. The maximum absolute atomic E-state index is 12.4. The quantitative estimate of drug-likeness (QED) is 0.878. The first kappa shape index (κ1) is 16.3. The van der Waals surface area contributed by atoms with Gasteiger partial charge in [-0.1, -0.05) is 18.6 Å². The zero-order chi connectivity index (χ0) is 15.5. The third kappa shape index (κ3) is 3.96. The lowest BCUT2D eigenvalue weighted by Gasteiger charge is -2.32. The first-order chi connectivity index (χ1) is 9.94. The third-order valence-electron chi connectivity index (χ3n) is 4.14. The topological polar surface area (TPSA) is 61.4 Å². The highest BCUT2D eigenvalue weighted by atomic mass is 32.2. The van der Waals surface area contributed by atoms with Crippen LogP contribution < -0.4 is 10.0 Å². The van der Waals surface area contributed by atoms with E-state index in [-0.39, 0.29) is 12.1 Å². The molecule has 0 saturated carbocycles.